The first-order valence-corrected chi connectivity index (χ1v) is 10.2. The average Bonchev–Trinajstić information content (AvgIpc) is 3.02. The molecule has 28 heavy (non-hydrogen) atoms. The number of aromatic nitrogens is 1. The number of nitrogens with zero attached hydrogens (tertiary/aromatic N) is 2. The molecule has 2 rings (SSSR count). The Bertz CT molecular complexity index is 755. The quantitative estimate of drug-likeness (QED) is 0.358. The van der Waals surface area contributed by atoms with Crippen LogP contribution in [0.15, 0.2) is 23.2 Å². The Hall–Kier alpha value is -2.48. The van der Waals surface area contributed by atoms with Gasteiger partial charge in [-0.3, -0.25) is 0 Å². The lowest BCUT2D eigenvalue weighted by atomic mass is 10.3. The van der Waals surface area contributed by atoms with Gasteiger partial charge in [-0.1, -0.05) is 0 Å². The van der Waals surface area contributed by atoms with Gasteiger partial charge in [0, 0.05) is 36.2 Å². The molecule has 7 nitrogen and oxygen atoms in total. The Kier molecular flexibility index (Phi) is 8.87. The molecule has 0 fully saturated rings. The summed E-state index contributed by atoms with van der Waals surface area (Å²) in [5, 5.41) is 7.69. The number of hydrogen-bond acceptors (Lipinski definition) is 6. The number of ether oxygens (including phenoxy) is 3. The molecule has 0 amide bonds. The molecule has 0 aliphatic rings. The molecule has 0 saturated carbocycles. The standard InChI is InChI=1S/C20H30N4O3S/c1-6-21-20(23-13-19-14(2)24-15(3)28-19)22-8-7-9-27-18-11-16(25-4)10-17(12-18)26-5/h10-12H,6-9,13H2,1-5H3,(H2,21,22,23). The van der Waals surface area contributed by atoms with E-state index < -0.39 is 0 Å². The van der Waals surface area contributed by atoms with Crippen LogP contribution in [-0.2, 0) is 6.54 Å². The Morgan fingerprint density at radius 1 is 1.07 bits per heavy atom. The summed E-state index contributed by atoms with van der Waals surface area (Å²) in [7, 11) is 3.25. The average molecular weight is 407 g/mol. The van der Waals surface area contributed by atoms with Crippen LogP contribution >= 0.6 is 11.3 Å². The third kappa shape index (κ3) is 6.92. The maximum Gasteiger partial charge on any atom is 0.191 e. The molecule has 0 spiro atoms. The molecule has 1 aromatic heterocycles. The summed E-state index contributed by atoms with van der Waals surface area (Å²) >= 11 is 1.70. The van der Waals surface area contributed by atoms with Gasteiger partial charge in [-0.2, -0.15) is 0 Å². The summed E-state index contributed by atoms with van der Waals surface area (Å²) in [4.78, 5) is 10.3. The molecule has 8 heteroatoms. The van der Waals surface area contributed by atoms with Gasteiger partial charge in [0.15, 0.2) is 5.96 Å². The van der Waals surface area contributed by atoms with Crippen molar-refractivity contribution in [1.29, 1.82) is 0 Å². The zero-order valence-electron chi connectivity index (χ0n) is 17.3. The van der Waals surface area contributed by atoms with Gasteiger partial charge in [0.05, 0.1) is 38.1 Å². The molecule has 0 radical (unpaired) electrons. The van der Waals surface area contributed by atoms with E-state index in [1.165, 1.54) is 4.88 Å². The normalized spacial score (nSPS) is 11.2. The maximum absolute atomic E-state index is 5.81. The number of rotatable bonds is 10. The van der Waals surface area contributed by atoms with Gasteiger partial charge in [-0.15, -0.1) is 11.3 Å². The Balaban J connectivity index is 1.79. The minimum Gasteiger partial charge on any atom is -0.496 e. The van der Waals surface area contributed by atoms with Gasteiger partial charge >= 0.3 is 0 Å². The van der Waals surface area contributed by atoms with Gasteiger partial charge in [0.2, 0.25) is 0 Å². The molecule has 0 atom stereocenters. The lowest BCUT2D eigenvalue weighted by Crippen LogP contribution is -2.38. The van der Waals surface area contributed by atoms with E-state index in [0.717, 1.165) is 41.9 Å². The SMILES string of the molecule is CCNC(=NCc1sc(C)nc1C)NCCCOc1cc(OC)cc(OC)c1. The predicted octanol–water partition coefficient (Wildman–Crippen LogP) is 3.30. The van der Waals surface area contributed by atoms with Gasteiger partial charge in [0.25, 0.3) is 0 Å². The van der Waals surface area contributed by atoms with Crippen LogP contribution in [0.5, 0.6) is 17.2 Å². The first-order chi connectivity index (χ1) is 13.5. The van der Waals surface area contributed by atoms with Gasteiger partial charge in [-0.05, 0) is 27.2 Å². The van der Waals surface area contributed by atoms with Crippen molar-refractivity contribution in [2.75, 3.05) is 33.9 Å². The largest absolute Gasteiger partial charge is 0.496 e. The Morgan fingerprint density at radius 2 is 1.75 bits per heavy atom. The summed E-state index contributed by atoms with van der Waals surface area (Å²) in [6, 6.07) is 5.52. The van der Waals surface area contributed by atoms with Crippen molar-refractivity contribution in [3.05, 3.63) is 33.8 Å². The number of guanidine groups is 1. The molecule has 154 valence electrons. The number of hydrogen-bond donors (Lipinski definition) is 2. The Labute approximate surface area is 171 Å². The third-order valence-corrected chi connectivity index (χ3v) is 4.99. The summed E-state index contributed by atoms with van der Waals surface area (Å²) in [6.07, 6.45) is 0.836. The number of thiazole rings is 1. The van der Waals surface area contributed by atoms with Crippen LogP contribution in [0.3, 0.4) is 0 Å². The number of aryl methyl sites for hydroxylation is 2. The summed E-state index contributed by atoms with van der Waals surface area (Å²) < 4.78 is 16.3. The summed E-state index contributed by atoms with van der Waals surface area (Å²) in [5.41, 5.74) is 1.06. The van der Waals surface area contributed by atoms with Crippen molar-refractivity contribution >= 4 is 17.3 Å². The minimum atomic E-state index is 0.579. The maximum atomic E-state index is 5.81. The zero-order chi connectivity index (χ0) is 20.4. The van der Waals surface area contributed by atoms with Gasteiger partial charge in [0.1, 0.15) is 17.2 Å². The van der Waals surface area contributed by atoms with E-state index in [1.807, 2.05) is 32.0 Å². The van der Waals surface area contributed by atoms with E-state index in [-0.39, 0.29) is 0 Å². The van der Waals surface area contributed by atoms with E-state index >= 15 is 0 Å². The van der Waals surface area contributed by atoms with E-state index in [1.54, 1.807) is 25.6 Å². The van der Waals surface area contributed by atoms with Gasteiger partial charge in [-0.25, -0.2) is 9.98 Å². The minimum absolute atomic E-state index is 0.579. The first kappa shape index (κ1) is 21.8. The van der Waals surface area contributed by atoms with Crippen molar-refractivity contribution in [3.63, 3.8) is 0 Å². The second-order valence-corrected chi connectivity index (χ2v) is 7.40. The van der Waals surface area contributed by atoms with Crippen LogP contribution < -0.4 is 24.8 Å². The fraction of sp³-hybridized carbons (Fsp3) is 0.500. The smallest absolute Gasteiger partial charge is 0.191 e. The molecule has 0 bridgehead atoms. The van der Waals surface area contributed by atoms with Crippen LogP contribution in [0.1, 0.15) is 28.9 Å². The number of methoxy groups -OCH3 is 2. The van der Waals surface area contributed by atoms with Crippen LogP contribution in [0.4, 0.5) is 0 Å². The summed E-state index contributed by atoms with van der Waals surface area (Å²) in [5.74, 6) is 2.95. The number of aliphatic imine (C=N–C) groups is 1. The molecule has 0 aliphatic heterocycles. The monoisotopic (exact) mass is 406 g/mol. The van der Waals surface area contributed by atoms with Crippen molar-refractivity contribution in [1.82, 2.24) is 15.6 Å². The fourth-order valence-corrected chi connectivity index (χ4v) is 3.41. The second kappa shape index (κ2) is 11.4. The summed E-state index contributed by atoms with van der Waals surface area (Å²) in [6.45, 7) is 8.88. The highest BCUT2D eigenvalue weighted by Gasteiger charge is 2.05. The fourth-order valence-electron chi connectivity index (χ4n) is 2.55. The van der Waals surface area contributed by atoms with Crippen molar-refractivity contribution in [3.8, 4) is 17.2 Å². The highest BCUT2D eigenvalue weighted by molar-refractivity contribution is 7.11. The van der Waals surface area contributed by atoms with E-state index in [2.05, 4.69) is 27.5 Å². The van der Waals surface area contributed by atoms with Crippen LogP contribution in [-0.4, -0.2) is 44.9 Å². The lowest BCUT2D eigenvalue weighted by Gasteiger charge is -2.12. The molecular weight excluding hydrogens is 376 g/mol. The highest BCUT2D eigenvalue weighted by atomic mass is 32.1. The number of nitrogens with one attached hydrogen (secondary N) is 2. The number of benzene rings is 1. The van der Waals surface area contributed by atoms with Gasteiger partial charge < -0.3 is 24.8 Å². The van der Waals surface area contributed by atoms with Crippen LogP contribution in [0.2, 0.25) is 0 Å². The van der Waals surface area contributed by atoms with E-state index in [0.29, 0.717) is 24.7 Å². The molecule has 1 heterocycles. The first-order valence-electron chi connectivity index (χ1n) is 9.36. The molecule has 2 aromatic rings. The van der Waals surface area contributed by atoms with Crippen molar-refractivity contribution in [2.24, 2.45) is 4.99 Å². The molecule has 0 saturated heterocycles. The van der Waals surface area contributed by atoms with E-state index in [4.69, 9.17) is 14.2 Å². The molecule has 2 N–H and O–H groups in total. The molecule has 0 aliphatic carbocycles. The molecular formula is C20H30N4O3S. The van der Waals surface area contributed by atoms with Crippen LogP contribution in [0, 0.1) is 13.8 Å². The highest BCUT2D eigenvalue weighted by Crippen LogP contribution is 2.27. The lowest BCUT2D eigenvalue weighted by molar-refractivity contribution is 0.305. The molecule has 1 aromatic carbocycles. The molecule has 0 unspecified atom stereocenters. The topological polar surface area (TPSA) is 77.0 Å². The Morgan fingerprint density at radius 3 is 2.32 bits per heavy atom. The van der Waals surface area contributed by atoms with Crippen molar-refractivity contribution < 1.29 is 14.2 Å². The van der Waals surface area contributed by atoms with Crippen LogP contribution in [0.25, 0.3) is 0 Å². The third-order valence-electron chi connectivity index (χ3n) is 3.93. The zero-order valence-corrected chi connectivity index (χ0v) is 18.1. The predicted molar refractivity (Wildman–Crippen MR) is 114 cm³/mol. The van der Waals surface area contributed by atoms with E-state index in [9.17, 15) is 0 Å². The second-order valence-electron chi connectivity index (χ2n) is 6.11. The van der Waals surface area contributed by atoms with Crippen molar-refractivity contribution in [2.45, 2.75) is 33.7 Å².